The number of rotatable bonds is 4. The first kappa shape index (κ1) is 11.8. The summed E-state index contributed by atoms with van der Waals surface area (Å²) >= 11 is 1.61. The summed E-state index contributed by atoms with van der Waals surface area (Å²) in [6, 6.07) is 8.32. The van der Waals surface area contributed by atoms with Crippen LogP contribution >= 0.6 is 11.3 Å². The summed E-state index contributed by atoms with van der Waals surface area (Å²) in [4.78, 5) is 5.28. The number of aromatic nitrogens is 1. The van der Waals surface area contributed by atoms with Crippen molar-refractivity contribution in [1.82, 2.24) is 10.3 Å². The van der Waals surface area contributed by atoms with Crippen molar-refractivity contribution in [3.8, 4) is 6.07 Å². The van der Waals surface area contributed by atoms with E-state index in [1.165, 1.54) is 10.4 Å². The normalized spacial score (nSPS) is 12.0. The van der Waals surface area contributed by atoms with Gasteiger partial charge in [-0.1, -0.05) is 6.07 Å². The van der Waals surface area contributed by atoms with Crippen LogP contribution in [0.1, 0.15) is 29.0 Å². The van der Waals surface area contributed by atoms with Gasteiger partial charge in [0.15, 0.2) is 0 Å². The minimum atomic E-state index is 0.260. The Hall–Kier alpha value is -1.70. The summed E-state index contributed by atoms with van der Waals surface area (Å²) in [7, 11) is 0. The van der Waals surface area contributed by atoms with Crippen molar-refractivity contribution in [3.63, 3.8) is 0 Å². The Morgan fingerprint density at radius 1 is 1.59 bits per heavy atom. The number of nitrogens with zero attached hydrogens (tertiary/aromatic N) is 2. The Bertz CT molecular complexity index is 513. The summed E-state index contributed by atoms with van der Waals surface area (Å²) in [5.74, 6) is 0. The first-order valence-electron chi connectivity index (χ1n) is 5.40. The molecular formula is C13H13N3S. The van der Waals surface area contributed by atoms with Crippen molar-refractivity contribution in [2.45, 2.75) is 19.5 Å². The maximum absolute atomic E-state index is 8.73. The van der Waals surface area contributed by atoms with E-state index in [4.69, 9.17) is 5.26 Å². The average Bonchev–Trinajstić information content (AvgIpc) is 2.85. The van der Waals surface area contributed by atoms with Crippen LogP contribution in [0.5, 0.6) is 0 Å². The lowest BCUT2D eigenvalue weighted by Crippen LogP contribution is -2.17. The van der Waals surface area contributed by atoms with Gasteiger partial charge in [-0.15, -0.1) is 11.3 Å². The van der Waals surface area contributed by atoms with Gasteiger partial charge in [0.2, 0.25) is 0 Å². The second-order valence-electron chi connectivity index (χ2n) is 3.80. The number of hydrogen-bond acceptors (Lipinski definition) is 4. The zero-order valence-electron chi connectivity index (χ0n) is 9.55. The summed E-state index contributed by atoms with van der Waals surface area (Å²) in [6.45, 7) is 2.89. The molecule has 0 fully saturated rings. The molecule has 0 aliphatic heterocycles. The van der Waals surface area contributed by atoms with Gasteiger partial charge < -0.3 is 5.32 Å². The first-order chi connectivity index (χ1) is 8.29. The highest BCUT2D eigenvalue weighted by Gasteiger charge is 2.05. The first-order valence-corrected chi connectivity index (χ1v) is 6.28. The van der Waals surface area contributed by atoms with Crippen LogP contribution in [0, 0.1) is 11.3 Å². The van der Waals surface area contributed by atoms with Crippen LogP contribution in [-0.4, -0.2) is 4.98 Å². The van der Waals surface area contributed by atoms with E-state index in [-0.39, 0.29) is 6.04 Å². The number of thiophene rings is 1. The Morgan fingerprint density at radius 3 is 3.12 bits per heavy atom. The average molecular weight is 243 g/mol. The lowest BCUT2D eigenvalue weighted by Gasteiger charge is -2.12. The van der Waals surface area contributed by atoms with Crippen molar-refractivity contribution >= 4 is 11.3 Å². The van der Waals surface area contributed by atoms with E-state index in [9.17, 15) is 0 Å². The molecule has 0 spiro atoms. The smallest absolute Gasteiger partial charge is 0.100 e. The molecule has 0 aliphatic carbocycles. The fourth-order valence-corrected chi connectivity index (χ4v) is 2.30. The minimum absolute atomic E-state index is 0.260. The van der Waals surface area contributed by atoms with Crippen molar-refractivity contribution in [2.75, 3.05) is 0 Å². The van der Waals surface area contributed by atoms with E-state index in [0.29, 0.717) is 0 Å². The van der Waals surface area contributed by atoms with Gasteiger partial charge in [-0.25, -0.2) is 0 Å². The van der Waals surface area contributed by atoms with Gasteiger partial charge in [0.1, 0.15) is 6.07 Å². The quantitative estimate of drug-likeness (QED) is 0.898. The molecule has 1 atom stereocenters. The van der Waals surface area contributed by atoms with E-state index in [0.717, 1.165) is 12.1 Å². The summed E-state index contributed by atoms with van der Waals surface area (Å²) < 4.78 is 0. The standard InChI is InChI=1S/C13H13N3S/c1-10(12-3-2-4-15-7-12)16-8-13-5-11(6-14)9-17-13/h2-5,7,9-10,16H,8H2,1H3. The third kappa shape index (κ3) is 3.13. The summed E-state index contributed by atoms with van der Waals surface area (Å²) in [6.07, 6.45) is 3.64. The van der Waals surface area contributed by atoms with Crippen LogP contribution in [-0.2, 0) is 6.54 Å². The predicted molar refractivity (Wildman–Crippen MR) is 68.5 cm³/mol. The van der Waals surface area contributed by atoms with E-state index >= 15 is 0 Å². The molecule has 4 heteroatoms. The highest BCUT2D eigenvalue weighted by atomic mass is 32.1. The lowest BCUT2D eigenvalue weighted by atomic mass is 10.1. The zero-order chi connectivity index (χ0) is 12.1. The molecule has 17 heavy (non-hydrogen) atoms. The maximum atomic E-state index is 8.73. The highest BCUT2D eigenvalue weighted by molar-refractivity contribution is 7.10. The largest absolute Gasteiger partial charge is 0.305 e. The molecule has 1 N–H and O–H groups in total. The van der Waals surface area contributed by atoms with Crippen molar-refractivity contribution in [1.29, 1.82) is 5.26 Å². The van der Waals surface area contributed by atoms with Crippen molar-refractivity contribution in [2.24, 2.45) is 0 Å². The van der Waals surface area contributed by atoms with Crippen LogP contribution in [0.15, 0.2) is 36.0 Å². The van der Waals surface area contributed by atoms with E-state index in [1.54, 1.807) is 17.5 Å². The van der Waals surface area contributed by atoms with Gasteiger partial charge >= 0.3 is 0 Å². The predicted octanol–water partition coefficient (Wildman–Crippen LogP) is 2.87. The molecule has 1 unspecified atom stereocenters. The maximum Gasteiger partial charge on any atom is 0.100 e. The number of hydrogen-bond donors (Lipinski definition) is 1. The van der Waals surface area contributed by atoms with Gasteiger partial charge in [0.05, 0.1) is 5.56 Å². The van der Waals surface area contributed by atoms with Gasteiger partial charge in [-0.2, -0.15) is 5.26 Å². The van der Waals surface area contributed by atoms with Crippen molar-refractivity contribution < 1.29 is 0 Å². The summed E-state index contributed by atoms with van der Waals surface area (Å²) in [5.41, 5.74) is 1.91. The SMILES string of the molecule is CC(NCc1cc(C#N)cs1)c1cccnc1. The van der Waals surface area contributed by atoms with Crippen LogP contribution in [0.3, 0.4) is 0 Å². The topological polar surface area (TPSA) is 48.7 Å². The fourth-order valence-electron chi connectivity index (χ4n) is 1.54. The molecule has 0 aromatic carbocycles. The molecule has 2 rings (SSSR count). The van der Waals surface area contributed by atoms with Crippen LogP contribution < -0.4 is 5.32 Å². The number of nitrogens with one attached hydrogen (secondary N) is 1. The molecule has 0 radical (unpaired) electrons. The molecule has 86 valence electrons. The monoisotopic (exact) mass is 243 g/mol. The second kappa shape index (κ2) is 5.58. The third-order valence-electron chi connectivity index (χ3n) is 2.55. The zero-order valence-corrected chi connectivity index (χ0v) is 10.4. The van der Waals surface area contributed by atoms with E-state index in [2.05, 4.69) is 29.4 Å². The van der Waals surface area contributed by atoms with E-state index < -0.39 is 0 Å². The molecular weight excluding hydrogens is 230 g/mol. The van der Waals surface area contributed by atoms with Gasteiger partial charge in [0, 0.05) is 35.2 Å². The lowest BCUT2D eigenvalue weighted by molar-refractivity contribution is 0.577. The Balaban J connectivity index is 1.92. The molecule has 0 saturated carbocycles. The Morgan fingerprint density at radius 2 is 2.47 bits per heavy atom. The molecule has 3 nitrogen and oxygen atoms in total. The molecule has 0 aliphatic rings. The van der Waals surface area contributed by atoms with Gasteiger partial charge in [-0.3, -0.25) is 4.98 Å². The number of nitriles is 1. The van der Waals surface area contributed by atoms with Crippen LogP contribution in [0.4, 0.5) is 0 Å². The Labute approximate surface area is 105 Å². The highest BCUT2D eigenvalue weighted by Crippen LogP contribution is 2.16. The summed E-state index contributed by atoms with van der Waals surface area (Å²) in [5, 5.41) is 14.0. The molecule has 0 bridgehead atoms. The van der Waals surface area contributed by atoms with Gasteiger partial charge in [-0.05, 0) is 24.6 Å². The second-order valence-corrected chi connectivity index (χ2v) is 4.80. The molecule has 2 aromatic rings. The molecule has 2 heterocycles. The molecule has 0 saturated heterocycles. The molecule has 0 amide bonds. The van der Waals surface area contributed by atoms with Crippen LogP contribution in [0.2, 0.25) is 0 Å². The Kier molecular flexibility index (Phi) is 3.86. The van der Waals surface area contributed by atoms with Gasteiger partial charge in [0.25, 0.3) is 0 Å². The third-order valence-corrected chi connectivity index (χ3v) is 3.49. The molecule has 2 aromatic heterocycles. The fraction of sp³-hybridized carbons (Fsp3) is 0.231. The van der Waals surface area contributed by atoms with E-state index in [1.807, 2.05) is 23.7 Å². The minimum Gasteiger partial charge on any atom is -0.305 e. The van der Waals surface area contributed by atoms with Crippen LogP contribution in [0.25, 0.3) is 0 Å². The van der Waals surface area contributed by atoms with Crippen molar-refractivity contribution in [3.05, 3.63) is 52.0 Å². The number of pyridine rings is 1.